The lowest BCUT2D eigenvalue weighted by atomic mass is 9.84. The Morgan fingerprint density at radius 1 is 1.53 bits per heavy atom. The molecule has 1 aliphatic rings. The third-order valence-corrected chi connectivity index (χ3v) is 4.36. The molecule has 1 aromatic rings. The molecule has 0 spiro atoms. The van der Waals surface area contributed by atoms with Crippen LogP contribution >= 0.6 is 11.3 Å². The van der Waals surface area contributed by atoms with Crippen LogP contribution in [-0.2, 0) is 0 Å². The molecule has 1 saturated heterocycles. The summed E-state index contributed by atoms with van der Waals surface area (Å²) in [5.41, 5.74) is 0.919. The van der Waals surface area contributed by atoms with Crippen LogP contribution in [0.4, 0.5) is 5.13 Å². The van der Waals surface area contributed by atoms with Crippen molar-refractivity contribution in [2.24, 2.45) is 5.41 Å². The lowest BCUT2D eigenvalue weighted by Crippen LogP contribution is -2.40. The third-order valence-electron chi connectivity index (χ3n) is 3.15. The van der Waals surface area contributed by atoms with Crippen LogP contribution in [0.1, 0.15) is 42.1 Å². The van der Waals surface area contributed by atoms with Crippen LogP contribution in [0, 0.1) is 12.3 Å². The second kappa shape index (κ2) is 4.29. The molecule has 0 amide bonds. The largest absolute Gasteiger partial charge is 0.477 e. The molecule has 0 atom stereocenters. The van der Waals surface area contributed by atoms with Gasteiger partial charge in [0.2, 0.25) is 0 Å². The highest BCUT2D eigenvalue weighted by molar-refractivity contribution is 7.17. The first-order valence-corrected chi connectivity index (χ1v) is 6.66. The van der Waals surface area contributed by atoms with E-state index < -0.39 is 5.97 Å². The molecule has 0 aliphatic carbocycles. The lowest BCUT2D eigenvalue weighted by molar-refractivity contribution is 0.0701. The summed E-state index contributed by atoms with van der Waals surface area (Å²) < 4.78 is 0. The smallest absolute Gasteiger partial charge is 0.347 e. The fraction of sp³-hybridized carbons (Fsp3) is 0.667. The van der Waals surface area contributed by atoms with Gasteiger partial charge in [-0.2, -0.15) is 0 Å². The minimum atomic E-state index is -0.873. The number of piperidine rings is 1. The summed E-state index contributed by atoms with van der Waals surface area (Å²) in [6.07, 6.45) is 2.37. The fourth-order valence-electron chi connectivity index (χ4n) is 2.30. The standard InChI is InChI=1S/C12H18N2O2S/c1-8-9(10(15)16)17-11(13-8)14-6-4-5-12(2,3)7-14/h4-7H2,1-3H3,(H,15,16). The Balaban J connectivity index is 2.22. The molecule has 1 aromatic heterocycles. The molecule has 1 fully saturated rings. The Hall–Kier alpha value is -1.10. The zero-order valence-electron chi connectivity index (χ0n) is 10.5. The van der Waals surface area contributed by atoms with Gasteiger partial charge in [0.05, 0.1) is 5.69 Å². The number of nitrogens with zero attached hydrogens (tertiary/aromatic N) is 2. The monoisotopic (exact) mass is 254 g/mol. The number of hydrogen-bond donors (Lipinski definition) is 1. The number of rotatable bonds is 2. The maximum Gasteiger partial charge on any atom is 0.347 e. The molecule has 4 nitrogen and oxygen atoms in total. The van der Waals surface area contributed by atoms with Crippen LogP contribution in [0.15, 0.2) is 0 Å². The average molecular weight is 254 g/mol. The van der Waals surface area contributed by atoms with E-state index in [0.717, 1.165) is 24.6 Å². The van der Waals surface area contributed by atoms with Crippen molar-refractivity contribution in [3.05, 3.63) is 10.6 Å². The average Bonchev–Trinajstić information content (AvgIpc) is 2.59. The molecule has 2 heterocycles. The van der Waals surface area contributed by atoms with Crippen molar-refractivity contribution in [1.82, 2.24) is 4.98 Å². The molecule has 0 bridgehead atoms. The van der Waals surface area contributed by atoms with E-state index in [-0.39, 0.29) is 0 Å². The van der Waals surface area contributed by atoms with E-state index in [1.165, 1.54) is 17.8 Å². The van der Waals surface area contributed by atoms with Gasteiger partial charge in [0.15, 0.2) is 5.13 Å². The fourth-order valence-corrected chi connectivity index (χ4v) is 3.23. The minimum absolute atomic E-state index is 0.293. The molecule has 1 aliphatic heterocycles. The van der Waals surface area contributed by atoms with Gasteiger partial charge in [0, 0.05) is 13.1 Å². The number of hydrogen-bond acceptors (Lipinski definition) is 4. The van der Waals surface area contributed by atoms with E-state index in [2.05, 4.69) is 23.7 Å². The number of aromatic nitrogens is 1. The normalized spacial score (nSPS) is 19.4. The molecule has 0 radical (unpaired) electrons. The van der Waals surface area contributed by atoms with E-state index in [9.17, 15) is 4.79 Å². The van der Waals surface area contributed by atoms with Crippen molar-refractivity contribution in [3.8, 4) is 0 Å². The van der Waals surface area contributed by atoms with Crippen molar-refractivity contribution < 1.29 is 9.90 Å². The molecule has 2 rings (SSSR count). The highest BCUT2D eigenvalue weighted by atomic mass is 32.1. The Labute approximate surface area is 105 Å². The van der Waals surface area contributed by atoms with Crippen molar-refractivity contribution in [3.63, 3.8) is 0 Å². The van der Waals surface area contributed by atoms with Crippen LogP contribution in [-0.4, -0.2) is 29.1 Å². The van der Waals surface area contributed by atoms with Crippen LogP contribution in [0.5, 0.6) is 0 Å². The van der Waals surface area contributed by atoms with Crippen molar-refractivity contribution in [1.29, 1.82) is 0 Å². The summed E-state index contributed by atoms with van der Waals surface area (Å²) in [7, 11) is 0. The van der Waals surface area contributed by atoms with Gasteiger partial charge in [-0.1, -0.05) is 25.2 Å². The molecular formula is C12H18N2O2S. The minimum Gasteiger partial charge on any atom is -0.477 e. The maximum absolute atomic E-state index is 11.0. The summed E-state index contributed by atoms with van der Waals surface area (Å²) in [5.74, 6) is -0.873. The maximum atomic E-state index is 11.0. The zero-order chi connectivity index (χ0) is 12.6. The Morgan fingerprint density at radius 3 is 2.76 bits per heavy atom. The number of aromatic carboxylic acids is 1. The highest BCUT2D eigenvalue weighted by Crippen LogP contribution is 2.34. The van der Waals surface area contributed by atoms with Crippen LogP contribution < -0.4 is 4.90 Å². The van der Waals surface area contributed by atoms with Crippen LogP contribution in [0.3, 0.4) is 0 Å². The second-order valence-corrected chi connectivity index (χ2v) is 6.38. The van der Waals surface area contributed by atoms with E-state index in [4.69, 9.17) is 5.11 Å². The lowest BCUT2D eigenvalue weighted by Gasteiger charge is -2.37. The SMILES string of the molecule is Cc1nc(N2CCCC(C)(C)C2)sc1C(=O)O. The molecular weight excluding hydrogens is 236 g/mol. The molecule has 17 heavy (non-hydrogen) atoms. The van der Waals surface area contributed by atoms with E-state index >= 15 is 0 Å². The molecule has 94 valence electrons. The molecule has 1 N–H and O–H groups in total. The topological polar surface area (TPSA) is 53.4 Å². The first-order valence-electron chi connectivity index (χ1n) is 5.85. The number of carboxylic acids is 1. The van der Waals surface area contributed by atoms with E-state index in [0.29, 0.717) is 16.0 Å². The van der Waals surface area contributed by atoms with Gasteiger partial charge < -0.3 is 10.0 Å². The summed E-state index contributed by atoms with van der Waals surface area (Å²) >= 11 is 1.29. The van der Waals surface area contributed by atoms with Crippen LogP contribution in [0.25, 0.3) is 0 Å². The molecule has 0 unspecified atom stereocenters. The van der Waals surface area contributed by atoms with E-state index in [1.807, 2.05) is 0 Å². The van der Waals surface area contributed by atoms with Gasteiger partial charge in [0.25, 0.3) is 0 Å². The van der Waals surface area contributed by atoms with Gasteiger partial charge in [-0.15, -0.1) is 0 Å². The Bertz CT molecular complexity index is 440. The van der Waals surface area contributed by atoms with Crippen LogP contribution in [0.2, 0.25) is 0 Å². The van der Waals surface area contributed by atoms with E-state index in [1.54, 1.807) is 6.92 Å². The summed E-state index contributed by atoms with van der Waals surface area (Å²) in [4.78, 5) is 18.0. The number of anilines is 1. The predicted molar refractivity (Wildman–Crippen MR) is 69.0 cm³/mol. The number of aryl methyl sites for hydroxylation is 1. The quantitative estimate of drug-likeness (QED) is 0.881. The molecule has 0 saturated carbocycles. The van der Waals surface area contributed by atoms with Gasteiger partial charge in [-0.3, -0.25) is 0 Å². The van der Waals surface area contributed by atoms with Gasteiger partial charge in [-0.05, 0) is 25.2 Å². The molecule has 0 aromatic carbocycles. The summed E-state index contributed by atoms with van der Waals surface area (Å²) in [5, 5.41) is 9.89. The first kappa shape index (κ1) is 12.4. The van der Waals surface area contributed by atoms with Gasteiger partial charge in [-0.25, -0.2) is 9.78 Å². The summed E-state index contributed by atoms with van der Waals surface area (Å²) in [6, 6.07) is 0. The molecule has 5 heteroatoms. The number of carbonyl (C=O) groups is 1. The van der Waals surface area contributed by atoms with Gasteiger partial charge in [0.1, 0.15) is 4.88 Å². The number of carboxylic acid groups (broad SMARTS) is 1. The summed E-state index contributed by atoms with van der Waals surface area (Å²) in [6.45, 7) is 8.20. The first-order chi connectivity index (χ1) is 7.89. The van der Waals surface area contributed by atoms with Gasteiger partial charge >= 0.3 is 5.97 Å². The Kier molecular flexibility index (Phi) is 3.12. The van der Waals surface area contributed by atoms with Crippen molar-refractivity contribution >= 4 is 22.4 Å². The van der Waals surface area contributed by atoms with Crippen molar-refractivity contribution in [2.75, 3.05) is 18.0 Å². The highest BCUT2D eigenvalue weighted by Gasteiger charge is 2.28. The van der Waals surface area contributed by atoms with Crippen molar-refractivity contribution in [2.45, 2.75) is 33.6 Å². The third kappa shape index (κ3) is 2.60. The predicted octanol–water partition coefficient (Wildman–Crippen LogP) is 2.78. The number of thiazole rings is 1. The second-order valence-electron chi connectivity index (χ2n) is 5.41. The zero-order valence-corrected chi connectivity index (χ0v) is 11.3. The Morgan fingerprint density at radius 2 is 2.24 bits per heavy atom.